The second-order valence-electron chi connectivity index (χ2n) is 6.11. The predicted octanol–water partition coefficient (Wildman–Crippen LogP) is 4.70. The van der Waals surface area contributed by atoms with Crippen LogP contribution in [0.15, 0.2) is 54.6 Å². The quantitative estimate of drug-likeness (QED) is 0.749. The minimum atomic E-state index is -0.528. The Morgan fingerprint density at radius 1 is 1.17 bits per heavy atom. The van der Waals surface area contributed by atoms with E-state index in [1.165, 1.54) is 0 Å². The Kier molecular flexibility index (Phi) is 4.29. The number of nitrogens with two attached hydrogens (primary N) is 1. The average Bonchev–Trinajstić information content (AvgIpc) is 2.60. The molecule has 0 saturated carbocycles. The summed E-state index contributed by atoms with van der Waals surface area (Å²) >= 11 is 6.47. The molecule has 0 radical (unpaired) electrons. The van der Waals surface area contributed by atoms with Crippen molar-refractivity contribution in [2.45, 2.75) is 25.7 Å². The summed E-state index contributed by atoms with van der Waals surface area (Å²) in [7, 11) is 0. The molecule has 3 rings (SSSR count). The van der Waals surface area contributed by atoms with E-state index in [9.17, 15) is 4.79 Å². The molecule has 2 N–H and O–H groups in total. The average molecular weight is 339 g/mol. The number of benzene rings is 2. The van der Waals surface area contributed by atoms with Crippen LogP contribution in [0, 0.1) is 0 Å². The molecule has 3 aromatic rings. The number of hydrogen-bond donors (Lipinski definition) is 1. The summed E-state index contributed by atoms with van der Waals surface area (Å²) in [6.07, 6.45) is 0.788. The number of halogens is 1. The van der Waals surface area contributed by atoms with Crippen LogP contribution < -0.4 is 5.73 Å². The highest BCUT2D eigenvalue weighted by atomic mass is 35.5. The summed E-state index contributed by atoms with van der Waals surface area (Å²) in [5.74, 6) is -0.528. The SMILES string of the molecule is CCC(C)(c1ccccc1Cl)c1nc(C(N)=O)cc2ccccc12. The highest BCUT2D eigenvalue weighted by Gasteiger charge is 2.32. The molecule has 1 unspecified atom stereocenters. The van der Waals surface area contributed by atoms with Gasteiger partial charge in [-0.25, -0.2) is 4.98 Å². The first-order valence-corrected chi connectivity index (χ1v) is 8.30. The van der Waals surface area contributed by atoms with E-state index in [4.69, 9.17) is 17.3 Å². The zero-order valence-corrected chi connectivity index (χ0v) is 14.5. The van der Waals surface area contributed by atoms with Crippen LogP contribution in [-0.4, -0.2) is 10.9 Å². The number of carbonyl (C=O) groups is 1. The van der Waals surface area contributed by atoms with Gasteiger partial charge in [0.15, 0.2) is 0 Å². The molecule has 1 amide bonds. The van der Waals surface area contributed by atoms with Crippen LogP contribution in [0.2, 0.25) is 5.02 Å². The molecule has 24 heavy (non-hydrogen) atoms. The molecular formula is C20H19ClN2O. The van der Waals surface area contributed by atoms with Gasteiger partial charge in [0.05, 0.1) is 5.69 Å². The van der Waals surface area contributed by atoms with Gasteiger partial charge in [-0.15, -0.1) is 0 Å². The summed E-state index contributed by atoms with van der Waals surface area (Å²) in [6.45, 7) is 4.20. The number of amides is 1. The van der Waals surface area contributed by atoms with E-state index in [2.05, 4.69) is 18.8 Å². The first-order chi connectivity index (χ1) is 11.5. The third kappa shape index (κ3) is 2.65. The third-order valence-corrected chi connectivity index (χ3v) is 5.02. The number of primary amides is 1. The highest BCUT2D eigenvalue weighted by molar-refractivity contribution is 6.31. The van der Waals surface area contributed by atoms with Crippen molar-refractivity contribution in [3.05, 3.63) is 76.6 Å². The summed E-state index contributed by atoms with van der Waals surface area (Å²) in [6, 6.07) is 17.4. The van der Waals surface area contributed by atoms with E-state index >= 15 is 0 Å². The van der Waals surface area contributed by atoms with Crippen LogP contribution in [-0.2, 0) is 5.41 Å². The fourth-order valence-corrected chi connectivity index (χ4v) is 3.48. The highest BCUT2D eigenvalue weighted by Crippen LogP contribution is 2.40. The van der Waals surface area contributed by atoms with Gasteiger partial charge in [-0.05, 0) is 36.4 Å². The standard InChI is InChI=1S/C20H19ClN2O/c1-3-20(2,15-10-6-7-11-16(15)21)18-14-9-5-4-8-13(14)12-17(23-18)19(22)24/h4-12H,3H2,1-2H3,(H2,22,24). The van der Waals surface area contributed by atoms with Crippen molar-refractivity contribution in [1.82, 2.24) is 4.98 Å². The van der Waals surface area contributed by atoms with E-state index in [0.29, 0.717) is 5.02 Å². The molecular weight excluding hydrogens is 320 g/mol. The molecule has 4 heteroatoms. The van der Waals surface area contributed by atoms with Gasteiger partial charge in [0.25, 0.3) is 5.91 Å². The summed E-state index contributed by atoms with van der Waals surface area (Å²) in [5, 5.41) is 2.65. The molecule has 1 heterocycles. The molecule has 0 saturated heterocycles. The largest absolute Gasteiger partial charge is 0.364 e. The molecule has 1 atom stereocenters. The van der Waals surface area contributed by atoms with Crippen molar-refractivity contribution in [3.63, 3.8) is 0 Å². The van der Waals surface area contributed by atoms with Gasteiger partial charge >= 0.3 is 0 Å². The fourth-order valence-electron chi connectivity index (χ4n) is 3.14. The maximum absolute atomic E-state index is 11.7. The topological polar surface area (TPSA) is 56.0 Å². The molecule has 0 spiro atoms. The van der Waals surface area contributed by atoms with E-state index in [1.807, 2.05) is 48.5 Å². The van der Waals surface area contributed by atoms with Crippen molar-refractivity contribution < 1.29 is 4.79 Å². The minimum Gasteiger partial charge on any atom is -0.364 e. The maximum Gasteiger partial charge on any atom is 0.267 e. The van der Waals surface area contributed by atoms with Crippen molar-refractivity contribution >= 4 is 28.3 Å². The summed E-state index contributed by atoms with van der Waals surface area (Å²) in [4.78, 5) is 16.4. The second kappa shape index (κ2) is 6.25. The number of nitrogens with zero attached hydrogens (tertiary/aromatic N) is 1. The Labute approximate surface area is 146 Å². The lowest BCUT2D eigenvalue weighted by atomic mass is 9.75. The molecule has 1 aromatic heterocycles. The van der Waals surface area contributed by atoms with Gasteiger partial charge in [-0.2, -0.15) is 0 Å². The number of carbonyl (C=O) groups excluding carboxylic acids is 1. The third-order valence-electron chi connectivity index (χ3n) is 4.69. The fraction of sp³-hybridized carbons (Fsp3) is 0.200. The van der Waals surface area contributed by atoms with Gasteiger partial charge in [-0.1, -0.05) is 61.0 Å². The molecule has 0 aliphatic heterocycles. The normalized spacial score (nSPS) is 13.6. The van der Waals surface area contributed by atoms with Crippen molar-refractivity contribution in [2.24, 2.45) is 5.73 Å². The monoisotopic (exact) mass is 338 g/mol. The maximum atomic E-state index is 11.7. The van der Waals surface area contributed by atoms with Gasteiger partial charge in [-0.3, -0.25) is 4.79 Å². The lowest BCUT2D eigenvalue weighted by molar-refractivity contribution is 0.0995. The van der Waals surface area contributed by atoms with Gasteiger partial charge in [0.2, 0.25) is 0 Å². The molecule has 2 aromatic carbocycles. The Balaban J connectivity index is 2.37. The minimum absolute atomic E-state index is 0.274. The summed E-state index contributed by atoms with van der Waals surface area (Å²) < 4.78 is 0. The van der Waals surface area contributed by atoms with Crippen LogP contribution >= 0.6 is 11.6 Å². The van der Waals surface area contributed by atoms with Crippen LogP contribution in [0.25, 0.3) is 10.8 Å². The lowest BCUT2D eigenvalue weighted by Crippen LogP contribution is -2.27. The molecule has 3 nitrogen and oxygen atoms in total. The number of pyridine rings is 1. The van der Waals surface area contributed by atoms with E-state index in [-0.39, 0.29) is 5.69 Å². The zero-order valence-electron chi connectivity index (χ0n) is 13.7. The number of rotatable bonds is 4. The van der Waals surface area contributed by atoms with Crippen LogP contribution in [0.5, 0.6) is 0 Å². The predicted molar refractivity (Wildman–Crippen MR) is 98.5 cm³/mol. The summed E-state index contributed by atoms with van der Waals surface area (Å²) in [5.41, 5.74) is 7.16. The van der Waals surface area contributed by atoms with E-state index < -0.39 is 11.3 Å². The zero-order chi connectivity index (χ0) is 17.3. The molecule has 0 aliphatic carbocycles. The Bertz CT molecular complexity index is 922. The van der Waals surface area contributed by atoms with Gasteiger partial charge < -0.3 is 5.73 Å². The Hall–Kier alpha value is -2.39. The lowest BCUT2D eigenvalue weighted by Gasteiger charge is -2.31. The van der Waals surface area contributed by atoms with Crippen LogP contribution in [0.3, 0.4) is 0 Å². The van der Waals surface area contributed by atoms with E-state index in [1.54, 1.807) is 6.07 Å². The van der Waals surface area contributed by atoms with Crippen molar-refractivity contribution in [1.29, 1.82) is 0 Å². The molecule has 122 valence electrons. The molecule has 0 fully saturated rings. The smallest absolute Gasteiger partial charge is 0.267 e. The first kappa shape index (κ1) is 16.5. The van der Waals surface area contributed by atoms with Gasteiger partial charge in [0, 0.05) is 15.8 Å². The molecule has 0 bridgehead atoms. The number of aromatic nitrogens is 1. The van der Waals surface area contributed by atoms with Crippen molar-refractivity contribution in [3.8, 4) is 0 Å². The van der Waals surface area contributed by atoms with Crippen molar-refractivity contribution in [2.75, 3.05) is 0 Å². The van der Waals surface area contributed by atoms with Crippen LogP contribution in [0.4, 0.5) is 0 Å². The number of fused-ring (bicyclic) bond motifs is 1. The Morgan fingerprint density at radius 2 is 1.83 bits per heavy atom. The first-order valence-electron chi connectivity index (χ1n) is 7.92. The Morgan fingerprint density at radius 3 is 2.50 bits per heavy atom. The second-order valence-corrected chi connectivity index (χ2v) is 6.51. The van der Waals surface area contributed by atoms with Crippen LogP contribution in [0.1, 0.15) is 42.0 Å². The molecule has 0 aliphatic rings. The number of hydrogen-bond acceptors (Lipinski definition) is 2. The van der Waals surface area contributed by atoms with Gasteiger partial charge in [0.1, 0.15) is 5.69 Å². The van der Waals surface area contributed by atoms with E-state index in [0.717, 1.165) is 28.5 Å².